The van der Waals surface area contributed by atoms with Gasteiger partial charge in [0.1, 0.15) is 6.33 Å². The largest absolute Gasteiger partial charge is 0.303 e. The number of nitrogens with zero attached hydrogens (tertiary/aromatic N) is 3. The lowest BCUT2D eigenvalue weighted by Crippen LogP contribution is -2.31. The second kappa shape index (κ2) is 3.77. The van der Waals surface area contributed by atoms with Crippen LogP contribution >= 0.6 is 0 Å². The first-order valence-corrected chi connectivity index (χ1v) is 4.63. The zero-order valence-corrected chi connectivity index (χ0v) is 9.03. The van der Waals surface area contributed by atoms with Crippen molar-refractivity contribution in [2.24, 2.45) is 12.5 Å². The van der Waals surface area contributed by atoms with E-state index in [4.69, 9.17) is 0 Å². The zero-order chi connectivity index (χ0) is 10.8. The Morgan fingerprint density at radius 1 is 1.64 bits per heavy atom. The number of rotatable bonds is 3. The molecular formula is C9H16N4O. The van der Waals surface area contributed by atoms with Crippen LogP contribution in [0.2, 0.25) is 0 Å². The minimum absolute atomic E-state index is 0.0314. The van der Waals surface area contributed by atoms with Gasteiger partial charge in [0.15, 0.2) is 0 Å². The molecule has 1 heterocycles. The number of carbonyl (C=O) groups is 1. The van der Waals surface area contributed by atoms with E-state index in [1.54, 1.807) is 17.9 Å². The van der Waals surface area contributed by atoms with Crippen molar-refractivity contribution in [3.8, 4) is 0 Å². The Labute approximate surface area is 83.5 Å². The summed E-state index contributed by atoms with van der Waals surface area (Å²) >= 11 is 0. The predicted octanol–water partition coefficient (Wildman–Crippen LogP) is 1.19. The van der Waals surface area contributed by atoms with E-state index in [0.717, 1.165) is 6.42 Å². The van der Waals surface area contributed by atoms with Crippen LogP contribution in [0, 0.1) is 5.41 Å². The maximum atomic E-state index is 11.7. The van der Waals surface area contributed by atoms with E-state index < -0.39 is 0 Å². The van der Waals surface area contributed by atoms with Gasteiger partial charge in [0.2, 0.25) is 11.9 Å². The Kier molecular flexibility index (Phi) is 2.88. The van der Waals surface area contributed by atoms with Crippen molar-refractivity contribution in [1.82, 2.24) is 14.8 Å². The summed E-state index contributed by atoms with van der Waals surface area (Å²) in [6.07, 6.45) is 2.34. The van der Waals surface area contributed by atoms with E-state index in [-0.39, 0.29) is 11.3 Å². The van der Waals surface area contributed by atoms with Crippen LogP contribution in [-0.4, -0.2) is 20.7 Å². The Morgan fingerprint density at radius 2 is 2.29 bits per heavy atom. The highest BCUT2D eigenvalue weighted by molar-refractivity contribution is 5.93. The lowest BCUT2D eigenvalue weighted by atomic mass is 9.89. The van der Waals surface area contributed by atoms with Crippen molar-refractivity contribution in [2.75, 3.05) is 5.32 Å². The summed E-state index contributed by atoms with van der Waals surface area (Å²) in [4.78, 5) is 11.7. The molecule has 0 saturated carbocycles. The van der Waals surface area contributed by atoms with Crippen molar-refractivity contribution in [3.63, 3.8) is 0 Å². The average molecular weight is 196 g/mol. The standard InChI is InChI=1S/C9H16N4O/c1-5-9(2,3)7(14)11-8-12-10-6-13(8)4/h6H,5H2,1-4H3,(H,11,12,14). The Hall–Kier alpha value is -1.39. The summed E-state index contributed by atoms with van der Waals surface area (Å²) in [7, 11) is 1.79. The first kappa shape index (κ1) is 10.7. The summed E-state index contributed by atoms with van der Waals surface area (Å²) in [6.45, 7) is 5.79. The van der Waals surface area contributed by atoms with Crippen LogP contribution in [0.4, 0.5) is 5.95 Å². The van der Waals surface area contributed by atoms with Gasteiger partial charge in [0, 0.05) is 12.5 Å². The third-order valence-corrected chi connectivity index (χ3v) is 2.44. The van der Waals surface area contributed by atoms with E-state index in [1.165, 1.54) is 0 Å². The first-order chi connectivity index (χ1) is 6.47. The summed E-state index contributed by atoms with van der Waals surface area (Å²) < 4.78 is 1.67. The fourth-order valence-corrected chi connectivity index (χ4v) is 0.828. The smallest absolute Gasteiger partial charge is 0.232 e. The van der Waals surface area contributed by atoms with Crippen LogP contribution in [-0.2, 0) is 11.8 Å². The lowest BCUT2D eigenvalue weighted by molar-refractivity contribution is -0.124. The van der Waals surface area contributed by atoms with Crippen LogP contribution in [0.25, 0.3) is 0 Å². The molecule has 0 saturated heterocycles. The number of aromatic nitrogens is 3. The van der Waals surface area contributed by atoms with Crippen molar-refractivity contribution in [2.45, 2.75) is 27.2 Å². The molecule has 1 aromatic rings. The molecular weight excluding hydrogens is 180 g/mol. The van der Waals surface area contributed by atoms with Gasteiger partial charge in [0.05, 0.1) is 0 Å². The lowest BCUT2D eigenvalue weighted by Gasteiger charge is -2.20. The number of amides is 1. The molecule has 0 radical (unpaired) electrons. The second-order valence-electron chi connectivity index (χ2n) is 3.96. The molecule has 0 atom stereocenters. The SMILES string of the molecule is CCC(C)(C)C(=O)Nc1nncn1C. The fraction of sp³-hybridized carbons (Fsp3) is 0.667. The van der Waals surface area contributed by atoms with Gasteiger partial charge in [-0.25, -0.2) is 0 Å². The molecule has 1 N–H and O–H groups in total. The molecule has 5 heteroatoms. The quantitative estimate of drug-likeness (QED) is 0.790. The van der Waals surface area contributed by atoms with Gasteiger partial charge < -0.3 is 4.57 Å². The van der Waals surface area contributed by atoms with Crippen LogP contribution in [0.1, 0.15) is 27.2 Å². The molecule has 78 valence electrons. The Bertz CT molecular complexity index is 329. The molecule has 0 fully saturated rings. The third kappa shape index (κ3) is 2.10. The number of hydrogen-bond donors (Lipinski definition) is 1. The highest BCUT2D eigenvalue weighted by Gasteiger charge is 2.26. The molecule has 1 aromatic heterocycles. The second-order valence-corrected chi connectivity index (χ2v) is 3.96. The summed E-state index contributed by atoms with van der Waals surface area (Å²) in [5.41, 5.74) is -0.369. The molecule has 0 aliphatic carbocycles. The number of nitrogens with one attached hydrogen (secondary N) is 1. The molecule has 1 rings (SSSR count). The first-order valence-electron chi connectivity index (χ1n) is 4.63. The molecule has 0 unspecified atom stereocenters. The minimum atomic E-state index is -0.369. The Morgan fingerprint density at radius 3 is 2.71 bits per heavy atom. The van der Waals surface area contributed by atoms with Gasteiger partial charge in [-0.05, 0) is 6.42 Å². The monoisotopic (exact) mass is 196 g/mol. The molecule has 14 heavy (non-hydrogen) atoms. The predicted molar refractivity (Wildman–Crippen MR) is 53.7 cm³/mol. The highest BCUT2D eigenvalue weighted by Crippen LogP contribution is 2.21. The van der Waals surface area contributed by atoms with Gasteiger partial charge in [-0.3, -0.25) is 10.1 Å². The zero-order valence-electron chi connectivity index (χ0n) is 9.03. The molecule has 0 spiro atoms. The topological polar surface area (TPSA) is 59.8 Å². The number of hydrogen-bond acceptors (Lipinski definition) is 3. The Balaban J connectivity index is 2.71. The molecule has 1 amide bonds. The van der Waals surface area contributed by atoms with Gasteiger partial charge >= 0.3 is 0 Å². The van der Waals surface area contributed by atoms with Crippen LogP contribution < -0.4 is 5.32 Å². The number of aryl methyl sites for hydroxylation is 1. The molecule has 0 aromatic carbocycles. The van der Waals surface area contributed by atoms with E-state index >= 15 is 0 Å². The highest BCUT2D eigenvalue weighted by atomic mass is 16.2. The van der Waals surface area contributed by atoms with Crippen LogP contribution in [0.15, 0.2) is 6.33 Å². The van der Waals surface area contributed by atoms with Crippen LogP contribution in [0.3, 0.4) is 0 Å². The summed E-state index contributed by atoms with van der Waals surface area (Å²) in [6, 6.07) is 0. The van der Waals surface area contributed by atoms with Gasteiger partial charge in [-0.15, -0.1) is 10.2 Å². The molecule has 0 aliphatic rings. The van der Waals surface area contributed by atoms with Crippen molar-refractivity contribution in [3.05, 3.63) is 6.33 Å². The molecule has 0 aliphatic heterocycles. The number of carbonyl (C=O) groups excluding carboxylic acids is 1. The van der Waals surface area contributed by atoms with E-state index in [1.807, 2.05) is 20.8 Å². The third-order valence-electron chi connectivity index (χ3n) is 2.44. The summed E-state index contributed by atoms with van der Waals surface area (Å²) in [5, 5.41) is 10.2. The fourth-order valence-electron chi connectivity index (χ4n) is 0.828. The summed E-state index contributed by atoms with van der Waals surface area (Å²) in [5.74, 6) is 0.452. The van der Waals surface area contributed by atoms with Crippen molar-refractivity contribution >= 4 is 11.9 Å². The van der Waals surface area contributed by atoms with E-state index in [2.05, 4.69) is 15.5 Å². The maximum Gasteiger partial charge on any atom is 0.232 e. The normalized spacial score (nSPS) is 11.4. The molecule has 5 nitrogen and oxygen atoms in total. The van der Waals surface area contributed by atoms with Gasteiger partial charge in [-0.2, -0.15) is 0 Å². The number of anilines is 1. The van der Waals surface area contributed by atoms with Crippen LogP contribution in [0.5, 0.6) is 0 Å². The van der Waals surface area contributed by atoms with Crippen molar-refractivity contribution in [1.29, 1.82) is 0 Å². The molecule has 0 bridgehead atoms. The van der Waals surface area contributed by atoms with Gasteiger partial charge in [0.25, 0.3) is 0 Å². The maximum absolute atomic E-state index is 11.7. The average Bonchev–Trinajstić information content (AvgIpc) is 2.52. The van der Waals surface area contributed by atoms with Gasteiger partial charge in [-0.1, -0.05) is 20.8 Å². The minimum Gasteiger partial charge on any atom is -0.303 e. The van der Waals surface area contributed by atoms with E-state index in [9.17, 15) is 4.79 Å². The van der Waals surface area contributed by atoms with E-state index in [0.29, 0.717) is 5.95 Å². The van der Waals surface area contributed by atoms with Crippen molar-refractivity contribution < 1.29 is 4.79 Å².